The SMILES string of the molecule is CCCCCCN(C(=O)C(CCC(N)=O)NC(=O)OC(C)(C)C)C(C(=O)NC(C)CCC)c1cc(C)ccc1C. The molecule has 0 radical (unpaired) electrons. The molecule has 0 aromatic heterocycles. The average Bonchev–Trinajstić information content (AvgIpc) is 2.83. The van der Waals surface area contributed by atoms with E-state index in [-0.39, 0.29) is 24.8 Å². The van der Waals surface area contributed by atoms with Crippen LogP contribution in [0.3, 0.4) is 0 Å². The van der Waals surface area contributed by atoms with E-state index >= 15 is 0 Å². The van der Waals surface area contributed by atoms with Crippen LogP contribution in [-0.4, -0.2) is 52.9 Å². The van der Waals surface area contributed by atoms with Gasteiger partial charge in [-0.25, -0.2) is 4.79 Å². The lowest BCUT2D eigenvalue weighted by molar-refractivity contribution is -0.143. The Bertz CT molecular complexity index is 988. The van der Waals surface area contributed by atoms with Gasteiger partial charge in [0.15, 0.2) is 0 Å². The molecule has 1 rings (SSSR count). The summed E-state index contributed by atoms with van der Waals surface area (Å²) in [7, 11) is 0. The second kappa shape index (κ2) is 16.9. The van der Waals surface area contributed by atoms with E-state index in [2.05, 4.69) is 24.5 Å². The van der Waals surface area contributed by atoms with Crippen LogP contribution in [-0.2, 0) is 19.1 Å². The Labute approximate surface area is 241 Å². The lowest BCUT2D eigenvalue weighted by atomic mass is 9.95. The van der Waals surface area contributed by atoms with Crippen LogP contribution in [0.1, 0.15) is 116 Å². The summed E-state index contributed by atoms with van der Waals surface area (Å²) in [5.74, 6) is -1.31. The third kappa shape index (κ3) is 12.4. The number of rotatable bonds is 16. The summed E-state index contributed by atoms with van der Waals surface area (Å²) in [5, 5.41) is 5.76. The molecule has 40 heavy (non-hydrogen) atoms. The van der Waals surface area contributed by atoms with Crippen molar-refractivity contribution in [3.63, 3.8) is 0 Å². The van der Waals surface area contributed by atoms with Gasteiger partial charge in [0.1, 0.15) is 17.7 Å². The molecule has 0 heterocycles. The number of carbonyl (C=O) groups is 4. The zero-order valence-electron chi connectivity index (χ0n) is 25.9. The third-order valence-electron chi connectivity index (χ3n) is 6.60. The van der Waals surface area contributed by atoms with E-state index in [0.717, 1.165) is 48.8 Å². The van der Waals surface area contributed by atoms with Crippen LogP contribution in [0.15, 0.2) is 18.2 Å². The quantitative estimate of drug-likeness (QED) is 0.239. The van der Waals surface area contributed by atoms with Crippen molar-refractivity contribution in [2.24, 2.45) is 5.73 Å². The van der Waals surface area contributed by atoms with E-state index in [0.29, 0.717) is 13.0 Å². The van der Waals surface area contributed by atoms with Gasteiger partial charge in [-0.2, -0.15) is 0 Å². The number of primary amides is 1. The molecule has 9 heteroatoms. The Morgan fingerprint density at radius 1 is 0.975 bits per heavy atom. The molecule has 0 aliphatic rings. The molecule has 0 aliphatic carbocycles. The molecule has 1 aromatic rings. The van der Waals surface area contributed by atoms with Gasteiger partial charge in [-0.1, -0.05) is 63.3 Å². The molecule has 0 saturated carbocycles. The van der Waals surface area contributed by atoms with Crippen molar-refractivity contribution in [1.82, 2.24) is 15.5 Å². The van der Waals surface area contributed by atoms with E-state index in [1.54, 1.807) is 25.7 Å². The van der Waals surface area contributed by atoms with Crippen LogP contribution in [0.25, 0.3) is 0 Å². The van der Waals surface area contributed by atoms with Crippen molar-refractivity contribution in [3.8, 4) is 0 Å². The number of hydrogen-bond acceptors (Lipinski definition) is 5. The van der Waals surface area contributed by atoms with Crippen molar-refractivity contribution < 1.29 is 23.9 Å². The Balaban J connectivity index is 3.61. The maximum Gasteiger partial charge on any atom is 0.408 e. The number of nitrogens with zero attached hydrogens (tertiary/aromatic N) is 1. The first-order chi connectivity index (χ1) is 18.7. The molecule has 0 saturated heterocycles. The van der Waals surface area contributed by atoms with Gasteiger partial charge in [-0.05, 0) is 71.9 Å². The smallest absolute Gasteiger partial charge is 0.408 e. The zero-order valence-corrected chi connectivity index (χ0v) is 25.9. The molecule has 226 valence electrons. The zero-order chi connectivity index (χ0) is 30.5. The molecule has 0 fully saturated rings. The van der Waals surface area contributed by atoms with E-state index in [9.17, 15) is 19.2 Å². The minimum atomic E-state index is -1.10. The molecule has 4 amide bonds. The molecular formula is C31H52N4O5. The van der Waals surface area contributed by atoms with Crippen molar-refractivity contribution >= 4 is 23.8 Å². The lowest BCUT2D eigenvalue weighted by Crippen LogP contribution is -2.54. The highest BCUT2D eigenvalue weighted by Gasteiger charge is 2.37. The molecule has 9 nitrogen and oxygen atoms in total. The van der Waals surface area contributed by atoms with Crippen LogP contribution in [0.5, 0.6) is 0 Å². The standard InChI is InChI=1S/C31H52N4O5/c1-9-11-12-13-19-35(29(38)25(17-18-26(32)36)34-30(39)40-31(6,7)8)27(28(37)33-23(5)14-10-2)24-20-21(3)15-16-22(24)4/h15-16,20,23,25,27H,9-14,17-19H2,1-8H3,(H2,32,36)(H,33,37)(H,34,39). The van der Waals surface area contributed by atoms with Crippen molar-refractivity contribution in [3.05, 3.63) is 34.9 Å². The highest BCUT2D eigenvalue weighted by atomic mass is 16.6. The van der Waals surface area contributed by atoms with Gasteiger partial charge in [0.05, 0.1) is 0 Å². The number of carbonyl (C=O) groups excluding carboxylic acids is 4. The van der Waals surface area contributed by atoms with Crippen LogP contribution >= 0.6 is 0 Å². The normalized spacial score (nSPS) is 13.6. The molecule has 1 aromatic carbocycles. The van der Waals surface area contributed by atoms with Crippen LogP contribution in [0.4, 0.5) is 4.79 Å². The van der Waals surface area contributed by atoms with Gasteiger partial charge in [0, 0.05) is 19.0 Å². The fraction of sp³-hybridized carbons (Fsp3) is 0.677. The maximum absolute atomic E-state index is 14.3. The number of hydrogen-bond donors (Lipinski definition) is 3. The fourth-order valence-electron chi connectivity index (χ4n) is 4.60. The number of nitrogens with two attached hydrogens (primary N) is 1. The van der Waals surface area contributed by atoms with Gasteiger partial charge in [0.25, 0.3) is 0 Å². The predicted octanol–water partition coefficient (Wildman–Crippen LogP) is 5.22. The van der Waals surface area contributed by atoms with Crippen LogP contribution < -0.4 is 16.4 Å². The monoisotopic (exact) mass is 560 g/mol. The van der Waals surface area contributed by atoms with Crippen LogP contribution in [0.2, 0.25) is 0 Å². The summed E-state index contributed by atoms with van der Waals surface area (Å²) in [6.45, 7) is 15.5. The van der Waals surface area contributed by atoms with Crippen molar-refractivity contribution in [1.29, 1.82) is 0 Å². The number of amides is 4. The molecule has 0 spiro atoms. The Kier molecular flexibility index (Phi) is 14.7. The summed E-state index contributed by atoms with van der Waals surface area (Å²) in [5.41, 5.74) is 7.21. The van der Waals surface area contributed by atoms with Gasteiger partial charge >= 0.3 is 6.09 Å². The second-order valence-corrected chi connectivity index (χ2v) is 11.8. The van der Waals surface area contributed by atoms with Gasteiger partial charge in [0.2, 0.25) is 17.7 Å². The first kappa shape index (κ1) is 34.9. The van der Waals surface area contributed by atoms with Crippen molar-refractivity contribution in [2.75, 3.05) is 6.54 Å². The Morgan fingerprint density at radius 2 is 1.65 bits per heavy atom. The highest BCUT2D eigenvalue weighted by Crippen LogP contribution is 2.28. The van der Waals surface area contributed by atoms with E-state index in [4.69, 9.17) is 10.5 Å². The lowest BCUT2D eigenvalue weighted by Gasteiger charge is -2.36. The number of unbranched alkanes of at least 4 members (excludes halogenated alkanes) is 3. The van der Waals surface area contributed by atoms with Gasteiger partial charge in [-0.3, -0.25) is 14.4 Å². The molecule has 0 aliphatic heterocycles. The summed E-state index contributed by atoms with van der Waals surface area (Å²) < 4.78 is 5.41. The third-order valence-corrected chi connectivity index (χ3v) is 6.60. The predicted molar refractivity (Wildman–Crippen MR) is 159 cm³/mol. The van der Waals surface area contributed by atoms with Gasteiger partial charge < -0.3 is 26.0 Å². The molecule has 3 unspecified atom stereocenters. The van der Waals surface area contributed by atoms with Crippen LogP contribution in [0, 0.1) is 13.8 Å². The van der Waals surface area contributed by atoms with E-state index in [1.165, 1.54) is 0 Å². The number of aryl methyl sites for hydroxylation is 2. The summed E-state index contributed by atoms with van der Waals surface area (Å²) in [4.78, 5) is 54.2. The average molecular weight is 561 g/mol. The molecule has 0 bridgehead atoms. The minimum absolute atomic E-state index is 0.00769. The fourth-order valence-corrected chi connectivity index (χ4v) is 4.60. The number of benzene rings is 1. The van der Waals surface area contributed by atoms with E-state index < -0.39 is 35.6 Å². The summed E-state index contributed by atoms with van der Waals surface area (Å²) in [6, 6.07) is 3.78. The van der Waals surface area contributed by atoms with E-state index in [1.807, 2.05) is 39.0 Å². The number of ether oxygens (including phenoxy) is 1. The topological polar surface area (TPSA) is 131 Å². The minimum Gasteiger partial charge on any atom is -0.444 e. The number of alkyl carbamates (subject to hydrolysis) is 1. The number of nitrogens with one attached hydrogen (secondary N) is 2. The Hall–Kier alpha value is -3.10. The maximum atomic E-state index is 14.3. The van der Waals surface area contributed by atoms with Gasteiger partial charge in [-0.15, -0.1) is 0 Å². The highest BCUT2D eigenvalue weighted by molar-refractivity contribution is 5.92. The largest absolute Gasteiger partial charge is 0.444 e. The first-order valence-electron chi connectivity index (χ1n) is 14.7. The first-order valence-corrected chi connectivity index (χ1v) is 14.7. The molecular weight excluding hydrogens is 508 g/mol. The molecule has 4 N–H and O–H groups in total. The Morgan fingerprint density at radius 3 is 2.23 bits per heavy atom. The second-order valence-electron chi connectivity index (χ2n) is 11.8. The molecule has 3 atom stereocenters. The van der Waals surface area contributed by atoms with Crippen molar-refractivity contribution in [2.45, 2.75) is 130 Å². The summed E-state index contributed by atoms with van der Waals surface area (Å²) >= 11 is 0. The summed E-state index contributed by atoms with van der Waals surface area (Å²) in [6.07, 6.45) is 4.41.